The van der Waals surface area contributed by atoms with E-state index in [4.69, 9.17) is 0 Å². The second kappa shape index (κ2) is 7.07. The molecule has 1 heterocycles. The van der Waals surface area contributed by atoms with Gasteiger partial charge in [-0.05, 0) is 17.7 Å². The van der Waals surface area contributed by atoms with E-state index in [0.717, 1.165) is 16.1 Å². The van der Waals surface area contributed by atoms with Crippen LogP contribution in [0.5, 0.6) is 0 Å². The molecule has 0 saturated carbocycles. The first-order valence-corrected chi connectivity index (χ1v) is 8.11. The highest BCUT2D eigenvalue weighted by Crippen LogP contribution is 2.28. The number of thiazole rings is 1. The van der Waals surface area contributed by atoms with Crippen LogP contribution in [-0.4, -0.2) is 24.5 Å². The molecule has 2 aromatic carbocycles. The maximum Gasteiger partial charge on any atom is 0.245 e. The summed E-state index contributed by atoms with van der Waals surface area (Å²) in [6.07, 6.45) is 1.79. The van der Waals surface area contributed by atoms with Crippen molar-refractivity contribution < 1.29 is 4.79 Å². The van der Waals surface area contributed by atoms with E-state index >= 15 is 0 Å². The van der Waals surface area contributed by atoms with Crippen molar-refractivity contribution in [2.24, 2.45) is 0 Å². The molecule has 1 amide bonds. The Balaban J connectivity index is 1.61. The summed E-state index contributed by atoms with van der Waals surface area (Å²) in [5.74, 6) is -0.0784. The van der Waals surface area contributed by atoms with Crippen molar-refractivity contribution in [3.8, 4) is 10.4 Å². The number of likely N-dealkylation sites (N-methyl/N-ethyl adjacent to an activating group) is 1. The predicted molar refractivity (Wildman–Crippen MR) is 95.9 cm³/mol. The van der Waals surface area contributed by atoms with Gasteiger partial charge >= 0.3 is 0 Å². The molecule has 23 heavy (non-hydrogen) atoms. The van der Waals surface area contributed by atoms with E-state index in [1.54, 1.807) is 6.20 Å². The number of amides is 1. The van der Waals surface area contributed by atoms with Gasteiger partial charge in [0.2, 0.25) is 5.91 Å². The Kier molecular flexibility index (Phi) is 4.68. The number of carbonyl (C=O) groups excluding carboxylic acids is 1. The Morgan fingerprint density at radius 2 is 1.74 bits per heavy atom. The molecule has 1 aromatic heterocycles. The molecule has 0 spiro atoms. The van der Waals surface area contributed by atoms with Crippen LogP contribution >= 0.6 is 11.3 Å². The van der Waals surface area contributed by atoms with E-state index in [2.05, 4.69) is 10.3 Å². The molecule has 116 valence electrons. The minimum Gasteiger partial charge on any atom is -0.365 e. The fourth-order valence-corrected chi connectivity index (χ4v) is 3.05. The smallest absolute Gasteiger partial charge is 0.245 e. The second-order valence-electron chi connectivity index (χ2n) is 5.14. The zero-order valence-electron chi connectivity index (χ0n) is 12.8. The molecule has 3 rings (SSSR count). The fourth-order valence-electron chi connectivity index (χ4n) is 2.22. The van der Waals surface area contributed by atoms with Gasteiger partial charge in [-0.2, -0.15) is 0 Å². The fraction of sp³-hybridized carbons (Fsp3) is 0.111. The lowest BCUT2D eigenvalue weighted by Crippen LogP contribution is -2.29. The maximum absolute atomic E-state index is 12.2. The second-order valence-corrected chi connectivity index (χ2v) is 6.17. The van der Waals surface area contributed by atoms with Crippen LogP contribution in [0.1, 0.15) is 0 Å². The average molecular weight is 323 g/mol. The van der Waals surface area contributed by atoms with Gasteiger partial charge in [-0.3, -0.25) is 4.79 Å². The van der Waals surface area contributed by atoms with Crippen molar-refractivity contribution >= 4 is 28.1 Å². The lowest BCUT2D eigenvalue weighted by Gasteiger charge is -2.17. The molecule has 5 heteroatoms. The normalized spacial score (nSPS) is 10.3. The molecule has 0 aliphatic heterocycles. The van der Waals surface area contributed by atoms with Crippen LogP contribution in [0.3, 0.4) is 0 Å². The Labute approximate surface area is 139 Å². The summed E-state index contributed by atoms with van der Waals surface area (Å²) in [5, 5.41) is 3.48. The zero-order chi connectivity index (χ0) is 16.1. The minimum absolute atomic E-state index is 0.0784. The highest BCUT2D eigenvalue weighted by molar-refractivity contribution is 7.19. The third-order valence-electron chi connectivity index (χ3n) is 3.39. The summed E-state index contributed by atoms with van der Waals surface area (Å²) >= 11 is 1.48. The molecule has 0 bridgehead atoms. The highest BCUT2D eigenvalue weighted by Gasteiger charge is 2.10. The van der Waals surface area contributed by atoms with Crippen LogP contribution in [0.15, 0.2) is 66.9 Å². The van der Waals surface area contributed by atoms with Gasteiger partial charge in [0.15, 0.2) is 5.13 Å². The van der Waals surface area contributed by atoms with Crippen LogP contribution in [0.4, 0.5) is 10.8 Å². The Morgan fingerprint density at radius 1 is 1.09 bits per heavy atom. The number of carbonyl (C=O) groups is 1. The number of hydrogen-bond acceptors (Lipinski definition) is 4. The lowest BCUT2D eigenvalue weighted by atomic mass is 10.2. The molecular weight excluding hydrogens is 306 g/mol. The van der Waals surface area contributed by atoms with E-state index in [0.29, 0.717) is 5.13 Å². The van der Waals surface area contributed by atoms with E-state index in [1.165, 1.54) is 11.3 Å². The van der Waals surface area contributed by atoms with Crippen LogP contribution in [0.25, 0.3) is 10.4 Å². The molecule has 0 atom stereocenters. The number of anilines is 2. The SMILES string of the molecule is CN(CC(=O)Nc1ncc(-c2ccccc2)s1)c1ccccc1. The predicted octanol–water partition coefficient (Wildman–Crippen LogP) is 3.89. The van der Waals surface area contributed by atoms with Gasteiger partial charge in [-0.1, -0.05) is 59.9 Å². The summed E-state index contributed by atoms with van der Waals surface area (Å²) in [7, 11) is 1.90. The van der Waals surface area contributed by atoms with Crippen molar-refractivity contribution in [2.45, 2.75) is 0 Å². The molecule has 1 N–H and O–H groups in total. The molecular formula is C18H17N3OS. The first kappa shape index (κ1) is 15.2. The van der Waals surface area contributed by atoms with Gasteiger partial charge in [-0.15, -0.1) is 0 Å². The van der Waals surface area contributed by atoms with Crippen molar-refractivity contribution in [1.82, 2.24) is 4.98 Å². The van der Waals surface area contributed by atoms with E-state index < -0.39 is 0 Å². The van der Waals surface area contributed by atoms with Crippen LogP contribution in [0.2, 0.25) is 0 Å². The van der Waals surface area contributed by atoms with Crippen LogP contribution < -0.4 is 10.2 Å². The Morgan fingerprint density at radius 3 is 2.43 bits per heavy atom. The monoisotopic (exact) mass is 323 g/mol. The van der Waals surface area contributed by atoms with Crippen LogP contribution in [0, 0.1) is 0 Å². The van der Waals surface area contributed by atoms with Crippen LogP contribution in [-0.2, 0) is 4.79 Å². The van der Waals surface area contributed by atoms with Crippen molar-refractivity contribution in [2.75, 3.05) is 23.8 Å². The third-order valence-corrected chi connectivity index (χ3v) is 4.35. The zero-order valence-corrected chi connectivity index (χ0v) is 13.6. The standard InChI is InChI=1S/C18H17N3OS/c1-21(15-10-6-3-7-11-15)13-17(22)20-18-19-12-16(23-18)14-8-4-2-5-9-14/h2-12H,13H2,1H3,(H,19,20,22). The van der Waals surface area contributed by atoms with Gasteiger partial charge in [0.1, 0.15) is 0 Å². The maximum atomic E-state index is 12.2. The number of nitrogens with zero attached hydrogens (tertiary/aromatic N) is 2. The molecule has 0 aliphatic rings. The van der Waals surface area contributed by atoms with E-state index in [9.17, 15) is 4.79 Å². The summed E-state index contributed by atoms with van der Waals surface area (Å²) in [5.41, 5.74) is 2.11. The molecule has 3 aromatic rings. The van der Waals surface area contributed by atoms with E-state index in [1.807, 2.05) is 72.6 Å². The first-order valence-electron chi connectivity index (χ1n) is 7.29. The number of hydrogen-bond donors (Lipinski definition) is 1. The van der Waals surface area contributed by atoms with Crippen molar-refractivity contribution in [3.63, 3.8) is 0 Å². The van der Waals surface area contributed by atoms with Gasteiger partial charge in [0.25, 0.3) is 0 Å². The quantitative estimate of drug-likeness (QED) is 0.775. The summed E-state index contributed by atoms with van der Waals surface area (Å²) in [4.78, 5) is 19.4. The Bertz CT molecular complexity index is 771. The average Bonchev–Trinajstić information content (AvgIpc) is 3.04. The minimum atomic E-state index is -0.0784. The number of rotatable bonds is 5. The molecule has 0 unspecified atom stereocenters. The number of para-hydroxylation sites is 1. The molecule has 0 fully saturated rings. The Hall–Kier alpha value is -2.66. The van der Waals surface area contributed by atoms with Crippen molar-refractivity contribution in [1.29, 1.82) is 0 Å². The third kappa shape index (κ3) is 3.96. The lowest BCUT2D eigenvalue weighted by molar-refractivity contribution is -0.114. The number of nitrogens with one attached hydrogen (secondary N) is 1. The van der Waals surface area contributed by atoms with Crippen molar-refractivity contribution in [3.05, 3.63) is 66.9 Å². The number of aromatic nitrogens is 1. The van der Waals surface area contributed by atoms with Gasteiger partial charge in [0.05, 0.1) is 11.4 Å². The van der Waals surface area contributed by atoms with E-state index in [-0.39, 0.29) is 12.5 Å². The molecule has 4 nitrogen and oxygen atoms in total. The topological polar surface area (TPSA) is 45.2 Å². The summed E-state index contributed by atoms with van der Waals surface area (Å²) < 4.78 is 0. The number of benzene rings is 2. The van der Waals surface area contributed by atoms with Gasteiger partial charge in [0, 0.05) is 18.9 Å². The summed E-state index contributed by atoms with van der Waals surface area (Å²) in [6.45, 7) is 0.282. The highest BCUT2D eigenvalue weighted by atomic mass is 32.1. The molecule has 0 saturated heterocycles. The summed E-state index contributed by atoms with van der Waals surface area (Å²) in [6, 6.07) is 19.8. The first-order chi connectivity index (χ1) is 11.2. The largest absolute Gasteiger partial charge is 0.365 e. The molecule has 0 aliphatic carbocycles. The van der Waals surface area contributed by atoms with Gasteiger partial charge in [-0.25, -0.2) is 4.98 Å². The molecule has 0 radical (unpaired) electrons. The van der Waals surface area contributed by atoms with Gasteiger partial charge < -0.3 is 10.2 Å².